The second kappa shape index (κ2) is 5.96. The van der Waals surface area contributed by atoms with E-state index in [9.17, 15) is 0 Å². The van der Waals surface area contributed by atoms with Gasteiger partial charge in [0, 0.05) is 12.1 Å². The van der Waals surface area contributed by atoms with Crippen LogP contribution in [-0.2, 0) is 0 Å². The Morgan fingerprint density at radius 1 is 0.812 bits per heavy atom. The minimum absolute atomic E-state index is 0.0500. The van der Waals surface area contributed by atoms with Gasteiger partial charge in [0.15, 0.2) is 0 Å². The lowest BCUT2D eigenvalue weighted by molar-refractivity contribution is 0.0335. The van der Waals surface area contributed by atoms with Gasteiger partial charge in [-0.1, -0.05) is 0 Å². The number of hydrogen-bond donors (Lipinski definition) is 4. The monoisotopic (exact) mass is 230 g/mol. The van der Waals surface area contributed by atoms with Crippen LogP contribution in [-0.4, -0.2) is 34.5 Å². The van der Waals surface area contributed by atoms with Crippen molar-refractivity contribution in [2.45, 2.75) is 63.8 Å². The predicted octanol–water partition coefficient (Wildman–Crippen LogP) is 0.209. The molecule has 2 aliphatic carbocycles. The standard InChI is InChI=1S/2C6H13NO/c2*1-4(7)5-2-6(8)3-5/h2*4-6,8H,2-3,7H2,1H3/t2*4-,5?,6?/m10/s1. The van der Waals surface area contributed by atoms with Gasteiger partial charge in [-0.15, -0.1) is 0 Å². The molecule has 0 amide bonds. The Morgan fingerprint density at radius 2 is 1.06 bits per heavy atom. The molecule has 2 atom stereocenters. The van der Waals surface area contributed by atoms with Crippen molar-refractivity contribution in [2.24, 2.45) is 23.3 Å². The lowest BCUT2D eigenvalue weighted by Gasteiger charge is -2.33. The molecule has 4 nitrogen and oxygen atoms in total. The third kappa shape index (κ3) is 4.01. The summed E-state index contributed by atoms with van der Waals surface area (Å²) in [5.74, 6) is 1.18. The lowest BCUT2D eigenvalue weighted by Crippen LogP contribution is -2.39. The molecule has 0 aromatic carbocycles. The van der Waals surface area contributed by atoms with E-state index in [1.165, 1.54) is 0 Å². The zero-order valence-electron chi connectivity index (χ0n) is 10.3. The fraction of sp³-hybridized carbons (Fsp3) is 1.00. The summed E-state index contributed by atoms with van der Waals surface area (Å²) in [4.78, 5) is 0. The molecule has 0 spiro atoms. The summed E-state index contributed by atoms with van der Waals surface area (Å²) in [5.41, 5.74) is 11.1. The van der Waals surface area contributed by atoms with Crippen LogP contribution < -0.4 is 11.5 Å². The first-order valence-corrected chi connectivity index (χ1v) is 6.27. The smallest absolute Gasteiger partial charge is 0.0546 e. The van der Waals surface area contributed by atoms with Crippen LogP contribution in [0.2, 0.25) is 0 Å². The highest BCUT2D eigenvalue weighted by Crippen LogP contribution is 2.29. The molecular formula is C12H26N2O2. The first kappa shape index (κ1) is 13.9. The highest BCUT2D eigenvalue weighted by Gasteiger charge is 2.29. The molecule has 16 heavy (non-hydrogen) atoms. The van der Waals surface area contributed by atoms with E-state index >= 15 is 0 Å². The maximum Gasteiger partial charge on any atom is 0.0546 e. The molecule has 2 aliphatic rings. The Kier molecular flexibility index (Phi) is 5.18. The number of aliphatic hydroxyl groups excluding tert-OH is 2. The van der Waals surface area contributed by atoms with Crippen LogP contribution in [0.5, 0.6) is 0 Å². The third-order valence-electron chi connectivity index (χ3n) is 3.79. The topological polar surface area (TPSA) is 92.5 Å². The van der Waals surface area contributed by atoms with Crippen molar-refractivity contribution < 1.29 is 10.2 Å². The molecule has 6 N–H and O–H groups in total. The zero-order valence-corrected chi connectivity index (χ0v) is 10.3. The molecule has 0 aliphatic heterocycles. The van der Waals surface area contributed by atoms with Crippen LogP contribution in [0.15, 0.2) is 0 Å². The van der Waals surface area contributed by atoms with Crippen molar-refractivity contribution in [1.82, 2.24) is 0 Å². The van der Waals surface area contributed by atoms with Gasteiger partial charge in [-0.25, -0.2) is 0 Å². The summed E-state index contributed by atoms with van der Waals surface area (Å²) in [6.07, 6.45) is 3.56. The molecule has 2 fully saturated rings. The zero-order chi connectivity index (χ0) is 12.3. The Bertz CT molecular complexity index is 175. The Balaban J connectivity index is 0.000000160. The normalized spacial score (nSPS) is 40.9. The first-order valence-electron chi connectivity index (χ1n) is 6.27. The third-order valence-corrected chi connectivity index (χ3v) is 3.79. The summed E-state index contributed by atoms with van der Waals surface area (Å²) in [5, 5.41) is 17.6. The molecule has 0 aromatic rings. The van der Waals surface area contributed by atoms with Gasteiger partial charge in [0.2, 0.25) is 0 Å². The average Bonchev–Trinajstić information content (AvgIpc) is 2.08. The maximum absolute atomic E-state index is 8.81. The van der Waals surface area contributed by atoms with Gasteiger partial charge in [0.1, 0.15) is 0 Å². The van der Waals surface area contributed by atoms with Crippen molar-refractivity contribution >= 4 is 0 Å². The molecular weight excluding hydrogens is 204 g/mol. The Labute approximate surface area is 98.0 Å². The fourth-order valence-electron chi connectivity index (χ4n) is 2.12. The van der Waals surface area contributed by atoms with Gasteiger partial charge in [0.25, 0.3) is 0 Å². The Morgan fingerprint density at radius 3 is 1.12 bits per heavy atom. The summed E-state index contributed by atoms with van der Waals surface area (Å²) >= 11 is 0. The quantitative estimate of drug-likeness (QED) is 0.545. The minimum atomic E-state index is -0.0500. The van der Waals surface area contributed by atoms with Crippen LogP contribution in [0.4, 0.5) is 0 Å². The van der Waals surface area contributed by atoms with E-state index in [0.717, 1.165) is 25.7 Å². The number of nitrogens with two attached hydrogens (primary N) is 2. The van der Waals surface area contributed by atoms with Crippen molar-refractivity contribution in [1.29, 1.82) is 0 Å². The molecule has 0 unspecified atom stereocenters. The Hall–Kier alpha value is -0.160. The molecule has 0 heterocycles. The van der Waals surface area contributed by atoms with E-state index in [0.29, 0.717) is 11.8 Å². The molecule has 2 rings (SSSR count). The van der Waals surface area contributed by atoms with Crippen molar-refractivity contribution in [2.75, 3.05) is 0 Å². The highest BCUT2D eigenvalue weighted by molar-refractivity contribution is 4.84. The summed E-state index contributed by atoms with van der Waals surface area (Å²) in [7, 11) is 0. The van der Waals surface area contributed by atoms with Crippen LogP contribution in [0, 0.1) is 11.8 Å². The second-order valence-corrected chi connectivity index (χ2v) is 5.49. The number of hydrogen-bond acceptors (Lipinski definition) is 4. The summed E-state index contributed by atoms with van der Waals surface area (Å²) < 4.78 is 0. The van der Waals surface area contributed by atoms with Crippen molar-refractivity contribution in [3.8, 4) is 0 Å². The van der Waals surface area contributed by atoms with Crippen LogP contribution >= 0.6 is 0 Å². The lowest BCUT2D eigenvalue weighted by atomic mass is 9.78. The molecule has 0 aromatic heterocycles. The first-order chi connectivity index (χ1) is 7.40. The minimum Gasteiger partial charge on any atom is -0.393 e. The van der Waals surface area contributed by atoms with Gasteiger partial charge < -0.3 is 21.7 Å². The van der Waals surface area contributed by atoms with Crippen LogP contribution in [0.25, 0.3) is 0 Å². The highest BCUT2D eigenvalue weighted by atomic mass is 16.3. The maximum atomic E-state index is 8.81. The van der Waals surface area contributed by atoms with Crippen LogP contribution in [0.1, 0.15) is 39.5 Å². The van der Waals surface area contributed by atoms with Crippen molar-refractivity contribution in [3.63, 3.8) is 0 Å². The van der Waals surface area contributed by atoms with Gasteiger partial charge in [-0.05, 0) is 51.4 Å². The van der Waals surface area contributed by atoms with Gasteiger partial charge in [-0.2, -0.15) is 0 Å². The van der Waals surface area contributed by atoms with E-state index < -0.39 is 0 Å². The fourth-order valence-corrected chi connectivity index (χ4v) is 2.12. The number of rotatable bonds is 2. The molecule has 0 radical (unpaired) electrons. The van der Waals surface area contributed by atoms with Gasteiger partial charge in [-0.3, -0.25) is 0 Å². The largest absolute Gasteiger partial charge is 0.393 e. The molecule has 96 valence electrons. The van der Waals surface area contributed by atoms with E-state index in [4.69, 9.17) is 21.7 Å². The van der Waals surface area contributed by atoms with E-state index in [2.05, 4.69) is 0 Å². The van der Waals surface area contributed by atoms with Gasteiger partial charge in [0.05, 0.1) is 12.2 Å². The average molecular weight is 230 g/mol. The van der Waals surface area contributed by atoms with Gasteiger partial charge >= 0.3 is 0 Å². The predicted molar refractivity (Wildman–Crippen MR) is 64.8 cm³/mol. The van der Waals surface area contributed by atoms with Crippen LogP contribution in [0.3, 0.4) is 0 Å². The SMILES string of the molecule is C[C@@H](N)C1CC(O)C1.C[C@H](N)C1CC(O)C1. The molecule has 2 saturated carbocycles. The summed E-state index contributed by atoms with van der Waals surface area (Å²) in [6, 6.07) is 0.553. The van der Waals surface area contributed by atoms with Crippen molar-refractivity contribution in [3.05, 3.63) is 0 Å². The van der Waals surface area contributed by atoms with E-state index in [1.54, 1.807) is 0 Å². The summed E-state index contributed by atoms with van der Waals surface area (Å²) in [6.45, 7) is 3.99. The van der Waals surface area contributed by atoms with E-state index in [1.807, 2.05) is 13.8 Å². The molecule has 0 saturated heterocycles. The number of aliphatic hydroxyl groups is 2. The molecule has 4 heteroatoms. The molecule has 0 bridgehead atoms. The second-order valence-electron chi connectivity index (χ2n) is 5.49. The van der Waals surface area contributed by atoms with E-state index in [-0.39, 0.29) is 24.3 Å².